The van der Waals surface area contributed by atoms with E-state index in [0.717, 1.165) is 29.9 Å². The molecule has 1 aromatic carbocycles. The van der Waals surface area contributed by atoms with Crippen LogP contribution in [-0.2, 0) is 4.79 Å². The van der Waals surface area contributed by atoms with Crippen molar-refractivity contribution < 1.29 is 18.4 Å². The topological polar surface area (TPSA) is 66.6 Å². The molecular formula is C14H17F2N3O2. The molecule has 0 radical (unpaired) electrons. The van der Waals surface area contributed by atoms with Crippen molar-refractivity contribution >= 4 is 17.5 Å². The summed E-state index contributed by atoms with van der Waals surface area (Å²) in [5.74, 6) is -3.22. The smallest absolute Gasteiger partial charge is 0.260 e. The minimum absolute atomic E-state index is 0.216. The van der Waals surface area contributed by atoms with Crippen LogP contribution in [-0.4, -0.2) is 48.3 Å². The lowest BCUT2D eigenvalue weighted by Gasteiger charge is -2.21. The Hall–Kier alpha value is -2.18. The molecule has 1 heterocycles. The third-order valence-electron chi connectivity index (χ3n) is 3.51. The number of nitrogen functional groups attached to an aromatic ring is 1. The van der Waals surface area contributed by atoms with Gasteiger partial charge in [-0.1, -0.05) is 0 Å². The molecule has 114 valence electrons. The van der Waals surface area contributed by atoms with E-state index in [0.29, 0.717) is 13.1 Å². The van der Waals surface area contributed by atoms with Crippen LogP contribution in [0.15, 0.2) is 12.1 Å². The molecule has 1 fully saturated rings. The molecule has 1 saturated heterocycles. The summed E-state index contributed by atoms with van der Waals surface area (Å²) in [5, 5.41) is 0. The minimum atomic E-state index is -1.10. The van der Waals surface area contributed by atoms with Gasteiger partial charge in [-0.25, -0.2) is 8.78 Å². The van der Waals surface area contributed by atoms with Gasteiger partial charge in [0.05, 0.1) is 12.2 Å². The van der Waals surface area contributed by atoms with Crippen LogP contribution in [0.4, 0.5) is 14.5 Å². The first-order valence-corrected chi connectivity index (χ1v) is 6.68. The summed E-state index contributed by atoms with van der Waals surface area (Å²) in [6.45, 7) is 1.09. The van der Waals surface area contributed by atoms with Crippen LogP contribution in [0.3, 0.4) is 0 Å². The lowest BCUT2D eigenvalue weighted by molar-refractivity contribution is -0.130. The number of benzene rings is 1. The molecule has 0 bridgehead atoms. The Balaban J connectivity index is 2.12. The molecule has 7 heteroatoms. The summed E-state index contributed by atoms with van der Waals surface area (Å²) in [4.78, 5) is 26.7. The fourth-order valence-electron chi connectivity index (χ4n) is 2.30. The van der Waals surface area contributed by atoms with Gasteiger partial charge in [-0.05, 0) is 25.0 Å². The highest BCUT2D eigenvalue weighted by molar-refractivity contribution is 5.97. The van der Waals surface area contributed by atoms with Gasteiger partial charge < -0.3 is 15.5 Å². The Morgan fingerprint density at radius 2 is 1.90 bits per heavy atom. The molecule has 1 aromatic rings. The Bertz CT molecular complexity index is 572. The highest BCUT2D eigenvalue weighted by Crippen LogP contribution is 2.20. The van der Waals surface area contributed by atoms with Gasteiger partial charge >= 0.3 is 0 Å². The number of carbonyl (C=O) groups excluding carboxylic acids is 2. The van der Waals surface area contributed by atoms with E-state index in [-0.39, 0.29) is 18.1 Å². The standard InChI is InChI=1S/C14H17F2N3O2/c1-18(8-11(20)19-6-2-3-7-19)14(21)12-9(15)4-5-10(17)13(12)16/h4-5H,2-3,6-8,17H2,1H3. The number of carbonyl (C=O) groups is 2. The van der Waals surface area contributed by atoms with Crippen molar-refractivity contribution in [3.05, 3.63) is 29.3 Å². The molecule has 5 nitrogen and oxygen atoms in total. The third kappa shape index (κ3) is 3.12. The minimum Gasteiger partial charge on any atom is -0.396 e. The molecule has 21 heavy (non-hydrogen) atoms. The third-order valence-corrected chi connectivity index (χ3v) is 3.51. The average molecular weight is 297 g/mol. The number of amides is 2. The molecule has 0 aliphatic carbocycles. The van der Waals surface area contributed by atoms with E-state index in [4.69, 9.17) is 5.73 Å². The molecule has 2 amide bonds. The second kappa shape index (κ2) is 6.07. The highest BCUT2D eigenvalue weighted by atomic mass is 19.1. The second-order valence-electron chi connectivity index (χ2n) is 5.07. The zero-order valence-corrected chi connectivity index (χ0v) is 11.7. The van der Waals surface area contributed by atoms with Crippen molar-refractivity contribution in [2.75, 3.05) is 32.4 Å². The predicted octanol–water partition coefficient (Wildman–Crippen LogP) is 1.24. The number of nitrogens with two attached hydrogens (primary N) is 1. The number of hydrogen-bond donors (Lipinski definition) is 1. The van der Waals surface area contributed by atoms with E-state index in [2.05, 4.69) is 0 Å². The summed E-state index contributed by atoms with van der Waals surface area (Å²) < 4.78 is 27.4. The molecule has 0 unspecified atom stereocenters. The van der Waals surface area contributed by atoms with Gasteiger partial charge in [0.1, 0.15) is 11.4 Å². The van der Waals surface area contributed by atoms with Gasteiger partial charge in [0.15, 0.2) is 5.82 Å². The molecule has 1 aliphatic rings. The maximum Gasteiger partial charge on any atom is 0.260 e. The fraction of sp³-hybridized carbons (Fsp3) is 0.429. The predicted molar refractivity (Wildman–Crippen MR) is 73.5 cm³/mol. The van der Waals surface area contributed by atoms with Gasteiger partial charge in [0, 0.05) is 20.1 Å². The fourth-order valence-corrected chi connectivity index (χ4v) is 2.30. The SMILES string of the molecule is CN(CC(=O)N1CCCC1)C(=O)c1c(F)ccc(N)c1F. The van der Waals surface area contributed by atoms with Crippen LogP contribution in [0, 0.1) is 11.6 Å². The van der Waals surface area contributed by atoms with Gasteiger partial charge in [-0.15, -0.1) is 0 Å². The van der Waals surface area contributed by atoms with Crippen molar-refractivity contribution in [1.82, 2.24) is 9.80 Å². The zero-order valence-electron chi connectivity index (χ0n) is 11.7. The number of rotatable bonds is 3. The van der Waals surface area contributed by atoms with Crippen molar-refractivity contribution in [1.29, 1.82) is 0 Å². The van der Waals surface area contributed by atoms with Gasteiger partial charge in [0.25, 0.3) is 5.91 Å². The van der Waals surface area contributed by atoms with Crippen LogP contribution < -0.4 is 5.73 Å². The summed E-state index contributed by atoms with van der Waals surface area (Å²) in [7, 11) is 1.33. The molecular weight excluding hydrogens is 280 g/mol. The van der Waals surface area contributed by atoms with Crippen LogP contribution in [0.1, 0.15) is 23.2 Å². The van der Waals surface area contributed by atoms with Gasteiger partial charge in [-0.3, -0.25) is 9.59 Å². The van der Waals surface area contributed by atoms with E-state index < -0.39 is 23.1 Å². The van der Waals surface area contributed by atoms with Crippen LogP contribution in [0.5, 0.6) is 0 Å². The Kier molecular flexibility index (Phi) is 4.40. The van der Waals surface area contributed by atoms with E-state index >= 15 is 0 Å². The van der Waals surface area contributed by atoms with Crippen LogP contribution >= 0.6 is 0 Å². The lowest BCUT2D eigenvalue weighted by Crippen LogP contribution is -2.40. The van der Waals surface area contributed by atoms with Crippen molar-refractivity contribution in [3.8, 4) is 0 Å². The van der Waals surface area contributed by atoms with Gasteiger partial charge in [-0.2, -0.15) is 0 Å². The number of halogens is 2. The monoisotopic (exact) mass is 297 g/mol. The van der Waals surface area contributed by atoms with Crippen LogP contribution in [0.25, 0.3) is 0 Å². The first-order chi connectivity index (χ1) is 9.91. The first kappa shape index (κ1) is 15.2. The largest absolute Gasteiger partial charge is 0.396 e. The molecule has 2 rings (SSSR count). The van der Waals surface area contributed by atoms with E-state index in [1.54, 1.807) is 4.90 Å². The Morgan fingerprint density at radius 3 is 2.52 bits per heavy atom. The maximum atomic E-state index is 13.8. The quantitative estimate of drug-likeness (QED) is 0.854. The van der Waals surface area contributed by atoms with Crippen molar-refractivity contribution in [2.24, 2.45) is 0 Å². The highest BCUT2D eigenvalue weighted by Gasteiger charge is 2.26. The summed E-state index contributed by atoms with van der Waals surface area (Å²) in [6, 6.07) is 1.98. The average Bonchev–Trinajstić information content (AvgIpc) is 2.97. The Labute approximate surface area is 121 Å². The van der Waals surface area contributed by atoms with E-state index in [1.165, 1.54) is 7.05 Å². The molecule has 0 aromatic heterocycles. The normalized spacial score (nSPS) is 14.3. The second-order valence-corrected chi connectivity index (χ2v) is 5.07. The van der Waals surface area contributed by atoms with Crippen molar-refractivity contribution in [3.63, 3.8) is 0 Å². The number of likely N-dealkylation sites (N-methyl/N-ethyl adjacent to an activating group) is 1. The lowest BCUT2D eigenvalue weighted by atomic mass is 10.1. The molecule has 0 saturated carbocycles. The molecule has 2 N–H and O–H groups in total. The molecule has 1 aliphatic heterocycles. The number of hydrogen-bond acceptors (Lipinski definition) is 3. The summed E-state index contributed by atoms with van der Waals surface area (Å²) >= 11 is 0. The summed E-state index contributed by atoms with van der Waals surface area (Å²) in [5.41, 5.74) is 4.30. The van der Waals surface area contributed by atoms with E-state index in [1.807, 2.05) is 0 Å². The molecule has 0 atom stereocenters. The van der Waals surface area contributed by atoms with E-state index in [9.17, 15) is 18.4 Å². The Morgan fingerprint density at radius 1 is 1.29 bits per heavy atom. The number of likely N-dealkylation sites (tertiary alicyclic amines) is 1. The maximum absolute atomic E-state index is 13.8. The summed E-state index contributed by atoms with van der Waals surface area (Å²) in [6.07, 6.45) is 1.86. The van der Waals surface area contributed by atoms with Gasteiger partial charge in [0.2, 0.25) is 5.91 Å². The number of anilines is 1. The van der Waals surface area contributed by atoms with Crippen LogP contribution in [0.2, 0.25) is 0 Å². The van der Waals surface area contributed by atoms with Crippen molar-refractivity contribution in [2.45, 2.75) is 12.8 Å². The number of nitrogens with zero attached hydrogens (tertiary/aromatic N) is 2. The molecule has 0 spiro atoms. The first-order valence-electron chi connectivity index (χ1n) is 6.68. The zero-order chi connectivity index (χ0) is 15.6.